The predicted molar refractivity (Wildman–Crippen MR) is 79.8 cm³/mol. The zero-order valence-electron chi connectivity index (χ0n) is 11.7. The first kappa shape index (κ1) is 12.4. The van der Waals surface area contributed by atoms with Crippen LogP contribution in [0, 0.1) is 5.41 Å². The lowest BCUT2D eigenvalue weighted by Gasteiger charge is -2.55. The number of hydrogen-bond acceptors (Lipinski definition) is 1. The molecule has 1 unspecified atom stereocenters. The summed E-state index contributed by atoms with van der Waals surface area (Å²) in [6.07, 6.45) is 0. The van der Waals surface area contributed by atoms with Crippen molar-refractivity contribution < 1.29 is 0 Å². The Morgan fingerprint density at radius 3 is 2.11 bits per heavy atom. The van der Waals surface area contributed by atoms with Crippen molar-refractivity contribution in [3.05, 3.63) is 71.8 Å². The second kappa shape index (κ2) is 4.82. The summed E-state index contributed by atoms with van der Waals surface area (Å²) < 4.78 is 0. The SMILES string of the molecule is CC1(C)CN(Cc2ccccc2)C1c1ccccc1. The maximum absolute atomic E-state index is 2.57. The van der Waals surface area contributed by atoms with Crippen LogP contribution in [0.3, 0.4) is 0 Å². The van der Waals surface area contributed by atoms with Crippen molar-refractivity contribution in [2.45, 2.75) is 26.4 Å². The highest BCUT2D eigenvalue weighted by Crippen LogP contribution is 2.48. The van der Waals surface area contributed by atoms with Crippen molar-refractivity contribution in [1.29, 1.82) is 0 Å². The van der Waals surface area contributed by atoms with Gasteiger partial charge in [-0.25, -0.2) is 0 Å². The van der Waals surface area contributed by atoms with E-state index < -0.39 is 0 Å². The molecular formula is C18H21N. The van der Waals surface area contributed by atoms with Gasteiger partial charge in [-0.3, -0.25) is 4.90 Å². The van der Waals surface area contributed by atoms with Crippen molar-refractivity contribution >= 4 is 0 Å². The molecule has 1 fully saturated rings. The summed E-state index contributed by atoms with van der Waals surface area (Å²) in [7, 11) is 0. The summed E-state index contributed by atoms with van der Waals surface area (Å²) in [6.45, 7) is 6.95. The summed E-state index contributed by atoms with van der Waals surface area (Å²) in [5, 5.41) is 0. The Morgan fingerprint density at radius 2 is 1.53 bits per heavy atom. The summed E-state index contributed by atoms with van der Waals surface area (Å²) >= 11 is 0. The van der Waals surface area contributed by atoms with E-state index in [2.05, 4.69) is 79.4 Å². The van der Waals surface area contributed by atoms with E-state index in [0.29, 0.717) is 11.5 Å². The number of rotatable bonds is 3. The lowest BCUT2D eigenvalue weighted by Crippen LogP contribution is -2.54. The van der Waals surface area contributed by atoms with Crippen LogP contribution in [0.2, 0.25) is 0 Å². The summed E-state index contributed by atoms with van der Waals surface area (Å²) in [6, 6.07) is 22.2. The Hall–Kier alpha value is -1.60. The molecule has 1 heterocycles. The van der Waals surface area contributed by atoms with Crippen LogP contribution in [-0.4, -0.2) is 11.4 Å². The van der Waals surface area contributed by atoms with Gasteiger partial charge in [-0.15, -0.1) is 0 Å². The molecular weight excluding hydrogens is 230 g/mol. The van der Waals surface area contributed by atoms with Gasteiger partial charge in [0.05, 0.1) is 0 Å². The molecule has 0 amide bonds. The molecule has 0 aromatic heterocycles. The van der Waals surface area contributed by atoms with Crippen LogP contribution in [0.4, 0.5) is 0 Å². The highest BCUT2D eigenvalue weighted by molar-refractivity contribution is 5.25. The Bertz CT molecular complexity index is 530. The smallest absolute Gasteiger partial charge is 0.0415 e. The zero-order chi connectivity index (χ0) is 13.3. The number of hydrogen-bond donors (Lipinski definition) is 0. The Balaban J connectivity index is 1.80. The van der Waals surface area contributed by atoms with Crippen LogP contribution in [-0.2, 0) is 6.54 Å². The van der Waals surface area contributed by atoms with Gasteiger partial charge in [-0.05, 0) is 16.5 Å². The molecule has 0 N–H and O–H groups in total. The minimum atomic E-state index is 0.371. The topological polar surface area (TPSA) is 3.24 Å². The number of nitrogens with zero attached hydrogens (tertiary/aromatic N) is 1. The monoisotopic (exact) mass is 251 g/mol. The molecule has 19 heavy (non-hydrogen) atoms. The van der Waals surface area contributed by atoms with Crippen molar-refractivity contribution in [2.75, 3.05) is 6.54 Å². The van der Waals surface area contributed by atoms with Gasteiger partial charge in [0.15, 0.2) is 0 Å². The number of benzene rings is 2. The van der Waals surface area contributed by atoms with Crippen molar-refractivity contribution in [3.8, 4) is 0 Å². The quantitative estimate of drug-likeness (QED) is 0.787. The molecule has 0 aliphatic carbocycles. The molecule has 2 aromatic rings. The van der Waals surface area contributed by atoms with Gasteiger partial charge in [-0.2, -0.15) is 0 Å². The normalized spacial score (nSPS) is 21.9. The highest BCUT2D eigenvalue weighted by atomic mass is 15.2. The van der Waals surface area contributed by atoms with E-state index in [1.54, 1.807) is 0 Å². The fourth-order valence-corrected chi connectivity index (χ4v) is 3.35. The van der Waals surface area contributed by atoms with E-state index >= 15 is 0 Å². The number of likely N-dealkylation sites (tertiary alicyclic amines) is 1. The van der Waals surface area contributed by atoms with Crippen LogP contribution in [0.5, 0.6) is 0 Å². The predicted octanol–water partition coefficient (Wildman–Crippen LogP) is 4.27. The lowest BCUT2D eigenvalue weighted by molar-refractivity contribution is -0.0588. The van der Waals surface area contributed by atoms with Gasteiger partial charge in [0.25, 0.3) is 0 Å². The van der Waals surface area contributed by atoms with Crippen LogP contribution in [0.15, 0.2) is 60.7 Å². The van der Waals surface area contributed by atoms with Gasteiger partial charge < -0.3 is 0 Å². The first-order valence-electron chi connectivity index (χ1n) is 7.00. The summed E-state index contributed by atoms with van der Waals surface area (Å²) in [5.41, 5.74) is 3.21. The minimum Gasteiger partial charge on any atom is -0.291 e. The maximum Gasteiger partial charge on any atom is 0.0415 e. The lowest BCUT2D eigenvalue weighted by atomic mass is 9.71. The average molecular weight is 251 g/mol. The highest BCUT2D eigenvalue weighted by Gasteiger charge is 2.45. The first-order valence-corrected chi connectivity index (χ1v) is 7.00. The van der Waals surface area contributed by atoms with Crippen molar-refractivity contribution in [2.24, 2.45) is 5.41 Å². The Labute approximate surface area is 115 Å². The average Bonchev–Trinajstić information content (AvgIpc) is 2.40. The zero-order valence-corrected chi connectivity index (χ0v) is 11.7. The van der Waals surface area contributed by atoms with Crippen LogP contribution in [0.25, 0.3) is 0 Å². The second-order valence-corrected chi connectivity index (χ2v) is 6.19. The third kappa shape index (κ3) is 2.43. The largest absolute Gasteiger partial charge is 0.291 e. The molecule has 1 saturated heterocycles. The molecule has 0 spiro atoms. The van der Waals surface area contributed by atoms with Gasteiger partial charge in [-0.1, -0.05) is 74.5 Å². The fourth-order valence-electron chi connectivity index (χ4n) is 3.35. The molecule has 3 rings (SSSR count). The van der Waals surface area contributed by atoms with E-state index in [4.69, 9.17) is 0 Å². The first-order chi connectivity index (χ1) is 9.17. The molecule has 0 saturated carbocycles. The molecule has 1 aliphatic rings. The molecule has 2 aromatic carbocycles. The van der Waals surface area contributed by atoms with E-state index in [1.165, 1.54) is 17.7 Å². The van der Waals surface area contributed by atoms with E-state index in [0.717, 1.165) is 6.54 Å². The molecule has 0 bridgehead atoms. The third-order valence-electron chi connectivity index (χ3n) is 4.06. The van der Waals surface area contributed by atoms with Crippen LogP contribution >= 0.6 is 0 Å². The van der Waals surface area contributed by atoms with Gasteiger partial charge >= 0.3 is 0 Å². The molecule has 1 aliphatic heterocycles. The van der Waals surface area contributed by atoms with Crippen LogP contribution < -0.4 is 0 Å². The maximum atomic E-state index is 2.57. The molecule has 98 valence electrons. The fraction of sp³-hybridized carbons (Fsp3) is 0.333. The molecule has 0 radical (unpaired) electrons. The molecule has 1 heteroatoms. The molecule has 1 atom stereocenters. The summed E-state index contributed by atoms with van der Waals surface area (Å²) in [5.74, 6) is 0. The second-order valence-electron chi connectivity index (χ2n) is 6.19. The van der Waals surface area contributed by atoms with Gasteiger partial charge in [0.1, 0.15) is 0 Å². The minimum absolute atomic E-state index is 0.371. The van der Waals surface area contributed by atoms with Gasteiger partial charge in [0.2, 0.25) is 0 Å². The van der Waals surface area contributed by atoms with E-state index in [9.17, 15) is 0 Å². The standard InChI is InChI=1S/C18H21N/c1-18(2)14-19(13-15-9-5-3-6-10-15)17(18)16-11-7-4-8-12-16/h3-12,17H,13-14H2,1-2H3. The van der Waals surface area contributed by atoms with Crippen molar-refractivity contribution in [1.82, 2.24) is 4.90 Å². The third-order valence-corrected chi connectivity index (χ3v) is 4.06. The molecule has 1 nitrogen and oxygen atoms in total. The van der Waals surface area contributed by atoms with E-state index in [-0.39, 0.29) is 0 Å². The van der Waals surface area contributed by atoms with Crippen LogP contribution in [0.1, 0.15) is 31.0 Å². The Kier molecular flexibility index (Phi) is 3.16. The van der Waals surface area contributed by atoms with E-state index in [1.807, 2.05) is 0 Å². The Morgan fingerprint density at radius 1 is 0.947 bits per heavy atom. The van der Waals surface area contributed by atoms with Crippen molar-refractivity contribution in [3.63, 3.8) is 0 Å². The summed E-state index contributed by atoms with van der Waals surface area (Å²) in [4.78, 5) is 2.57. The van der Waals surface area contributed by atoms with Gasteiger partial charge in [0, 0.05) is 19.1 Å².